The third-order valence-electron chi connectivity index (χ3n) is 2.51. The average molecular weight is 213 g/mol. The molecule has 86 valence electrons. The highest BCUT2D eigenvalue weighted by Gasteiger charge is 2.19. The molecule has 5 nitrogen and oxygen atoms in total. The fourth-order valence-corrected chi connectivity index (χ4v) is 1.72. The molecule has 1 unspecified atom stereocenters. The van der Waals surface area contributed by atoms with Crippen LogP contribution in [0.15, 0.2) is 0 Å². The molecule has 1 aromatic heterocycles. The molecular formula is C10H19N3O2. The lowest BCUT2D eigenvalue weighted by Gasteiger charge is -2.16. The Labute approximate surface area is 89.8 Å². The third kappa shape index (κ3) is 2.56. The van der Waals surface area contributed by atoms with Crippen molar-refractivity contribution in [3.8, 4) is 0 Å². The molecular weight excluding hydrogens is 194 g/mol. The van der Waals surface area contributed by atoms with Crippen LogP contribution in [0.25, 0.3) is 0 Å². The maximum absolute atomic E-state index is 8.71. The van der Waals surface area contributed by atoms with E-state index in [4.69, 9.17) is 15.6 Å². The zero-order valence-electron chi connectivity index (χ0n) is 9.53. The van der Waals surface area contributed by atoms with Gasteiger partial charge < -0.3 is 15.6 Å². The number of nitrogens with two attached hydrogens (primary N) is 1. The molecule has 15 heavy (non-hydrogen) atoms. The topological polar surface area (TPSA) is 73.3 Å². The number of hydrogen-bond acceptors (Lipinski definition) is 4. The van der Waals surface area contributed by atoms with Crippen LogP contribution in [0, 0.1) is 13.8 Å². The number of aliphatic hydroxyl groups is 1. The monoisotopic (exact) mass is 213 g/mol. The Hall–Kier alpha value is -0.910. The number of ether oxygens (including phenoxy) is 1. The second-order valence-electron chi connectivity index (χ2n) is 3.53. The minimum Gasteiger partial charge on any atom is -0.394 e. The van der Waals surface area contributed by atoms with Gasteiger partial charge in [-0.3, -0.25) is 4.68 Å². The average Bonchev–Trinajstić information content (AvgIpc) is 2.45. The molecule has 0 aliphatic carbocycles. The summed E-state index contributed by atoms with van der Waals surface area (Å²) < 4.78 is 7.29. The van der Waals surface area contributed by atoms with Crippen LogP contribution in [0.1, 0.15) is 23.1 Å². The van der Waals surface area contributed by atoms with Gasteiger partial charge in [-0.05, 0) is 13.8 Å². The van der Waals surface area contributed by atoms with E-state index in [1.165, 1.54) is 0 Å². The van der Waals surface area contributed by atoms with Gasteiger partial charge in [-0.1, -0.05) is 0 Å². The van der Waals surface area contributed by atoms with E-state index in [1.54, 1.807) is 0 Å². The van der Waals surface area contributed by atoms with Crippen molar-refractivity contribution in [2.24, 2.45) is 12.8 Å². The highest BCUT2D eigenvalue weighted by Crippen LogP contribution is 2.23. The van der Waals surface area contributed by atoms with E-state index < -0.39 is 0 Å². The van der Waals surface area contributed by atoms with Gasteiger partial charge in [-0.25, -0.2) is 0 Å². The number of aromatic nitrogens is 2. The molecule has 1 rings (SSSR count). The van der Waals surface area contributed by atoms with Crippen molar-refractivity contribution in [1.29, 1.82) is 0 Å². The van der Waals surface area contributed by atoms with Crippen molar-refractivity contribution < 1.29 is 9.84 Å². The Bertz CT molecular complexity index is 323. The summed E-state index contributed by atoms with van der Waals surface area (Å²) in [5, 5.41) is 13.0. The molecule has 1 aromatic rings. The Morgan fingerprint density at radius 2 is 2.20 bits per heavy atom. The van der Waals surface area contributed by atoms with Crippen LogP contribution in [-0.2, 0) is 11.8 Å². The van der Waals surface area contributed by atoms with Crippen LogP contribution in [0.4, 0.5) is 0 Å². The van der Waals surface area contributed by atoms with Crippen LogP contribution >= 0.6 is 0 Å². The Balaban J connectivity index is 2.90. The number of rotatable bonds is 5. The van der Waals surface area contributed by atoms with E-state index >= 15 is 0 Å². The van der Waals surface area contributed by atoms with E-state index in [2.05, 4.69) is 5.10 Å². The quantitative estimate of drug-likeness (QED) is 0.724. The summed E-state index contributed by atoms with van der Waals surface area (Å²) in [7, 11) is 1.89. The predicted octanol–water partition coefficient (Wildman–Crippen LogP) is 0.0456. The fourth-order valence-electron chi connectivity index (χ4n) is 1.72. The van der Waals surface area contributed by atoms with Gasteiger partial charge in [0, 0.05) is 24.8 Å². The van der Waals surface area contributed by atoms with Gasteiger partial charge in [-0.2, -0.15) is 5.10 Å². The van der Waals surface area contributed by atoms with E-state index in [9.17, 15) is 0 Å². The Kier molecular flexibility index (Phi) is 4.26. The molecule has 0 saturated heterocycles. The first-order chi connectivity index (χ1) is 7.11. The third-order valence-corrected chi connectivity index (χ3v) is 2.51. The lowest BCUT2D eigenvalue weighted by molar-refractivity contribution is 0.0322. The second kappa shape index (κ2) is 5.25. The van der Waals surface area contributed by atoms with Crippen molar-refractivity contribution in [2.75, 3.05) is 19.8 Å². The summed E-state index contributed by atoms with van der Waals surface area (Å²) in [5.74, 6) is 0. The Morgan fingerprint density at radius 1 is 1.53 bits per heavy atom. The molecule has 1 heterocycles. The molecule has 0 bridgehead atoms. The molecule has 3 N–H and O–H groups in total. The van der Waals surface area contributed by atoms with Crippen LogP contribution in [-0.4, -0.2) is 34.6 Å². The summed E-state index contributed by atoms with van der Waals surface area (Å²) in [6, 6.07) is 0. The fraction of sp³-hybridized carbons (Fsp3) is 0.700. The predicted molar refractivity (Wildman–Crippen MR) is 57.5 cm³/mol. The minimum atomic E-state index is -0.175. The molecule has 0 aromatic carbocycles. The first-order valence-electron chi connectivity index (χ1n) is 5.04. The number of hydrogen-bond donors (Lipinski definition) is 2. The number of nitrogens with zero attached hydrogens (tertiary/aromatic N) is 2. The molecule has 0 fully saturated rings. The summed E-state index contributed by atoms with van der Waals surface area (Å²) in [5.41, 5.74) is 8.67. The van der Waals surface area contributed by atoms with Gasteiger partial charge >= 0.3 is 0 Å². The lowest BCUT2D eigenvalue weighted by Crippen LogP contribution is -2.18. The maximum atomic E-state index is 8.71. The normalized spacial score (nSPS) is 13.1. The highest BCUT2D eigenvalue weighted by atomic mass is 16.5. The largest absolute Gasteiger partial charge is 0.394 e. The van der Waals surface area contributed by atoms with E-state index in [0.717, 1.165) is 17.0 Å². The van der Waals surface area contributed by atoms with Crippen LogP contribution in [0.3, 0.4) is 0 Å². The van der Waals surface area contributed by atoms with Crippen molar-refractivity contribution >= 4 is 0 Å². The molecule has 0 saturated carbocycles. The number of aryl methyl sites for hydroxylation is 2. The zero-order valence-corrected chi connectivity index (χ0v) is 9.53. The van der Waals surface area contributed by atoms with E-state index in [0.29, 0.717) is 13.2 Å². The Morgan fingerprint density at radius 3 is 2.60 bits per heavy atom. The van der Waals surface area contributed by atoms with Gasteiger partial charge in [0.25, 0.3) is 0 Å². The molecule has 0 amide bonds. The van der Waals surface area contributed by atoms with Gasteiger partial charge in [0.05, 0.1) is 25.0 Å². The second-order valence-corrected chi connectivity index (χ2v) is 3.53. The summed E-state index contributed by atoms with van der Waals surface area (Å²) in [4.78, 5) is 0. The van der Waals surface area contributed by atoms with Crippen molar-refractivity contribution in [1.82, 2.24) is 9.78 Å². The van der Waals surface area contributed by atoms with Crippen LogP contribution < -0.4 is 5.73 Å². The number of aliphatic hydroxyl groups excluding tert-OH is 1. The smallest absolute Gasteiger partial charge is 0.0983 e. The zero-order chi connectivity index (χ0) is 11.4. The van der Waals surface area contributed by atoms with Gasteiger partial charge in [0.15, 0.2) is 0 Å². The van der Waals surface area contributed by atoms with Crippen molar-refractivity contribution in [2.45, 2.75) is 20.0 Å². The SMILES string of the molecule is Cc1nn(C)c(C)c1C(CN)OCCO. The van der Waals surface area contributed by atoms with Gasteiger partial charge in [0.2, 0.25) is 0 Å². The first kappa shape index (κ1) is 12.2. The summed E-state index contributed by atoms with van der Waals surface area (Å²) in [6.07, 6.45) is -0.175. The molecule has 0 radical (unpaired) electrons. The highest BCUT2D eigenvalue weighted by molar-refractivity contribution is 5.27. The minimum absolute atomic E-state index is 0.00879. The first-order valence-corrected chi connectivity index (χ1v) is 5.04. The molecule has 0 spiro atoms. The van der Waals surface area contributed by atoms with Crippen molar-refractivity contribution in [3.63, 3.8) is 0 Å². The van der Waals surface area contributed by atoms with Crippen molar-refractivity contribution in [3.05, 3.63) is 17.0 Å². The van der Waals surface area contributed by atoms with E-state index in [-0.39, 0.29) is 12.7 Å². The molecule has 0 aliphatic heterocycles. The van der Waals surface area contributed by atoms with E-state index in [1.807, 2.05) is 25.6 Å². The van der Waals surface area contributed by atoms with Crippen LogP contribution in [0.2, 0.25) is 0 Å². The lowest BCUT2D eigenvalue weighted by atomic mass is 10.1. The molecule has 5 heteroatoms. The van der Waals surface area contributed by atoms with Crippen LogP contribution in [0.5, 0.6) is 0 Å². The molecule has 0 aliphatic rings. The summed E-state index contributed by atoms with van der Waals surface area (Å²) in [6.45, 7) is 4.63. The molecule has 1 atom stereocenters. The summed E-state index contributed by atoms with van der Waals surface area (Å²) >= 11 is 0. The standard InChI is InChI=1S/C10H19N3O2/c1-7-10(8(2)13(3)12-7)9(6-11)15-5-4-14/h9,14H,4-6,11H2,1-3H3. The van der Waals surface area contributed by atoms with Gasteiger partial charge in [0.1, 0.15) is 0 Å². The van der Waals surface area contributed by atoms with Gasteiger partial charge in [-0.15, -0.1) is 0 Å². The maximum Gasteiger partial charge on any atom is 0.0983 e.